The minimum Gasteiger partial charge on any atom is -0.490 e. The van der Waals surface area contributed by atoms with Crippen LogP contribution in [0.2, 0.25) is 4.34 Å². The highest BCUT2D eigenvalue weighted by atomic mass is 35.5. The van der Waals surface area contributed by atoms with Crippen LogP contribution in [0.5, 0.6) is 11.5 Å². The molecular formula is C23H23ClN2O5S2. The van der Waals surface area contributed by atoms with Gasteiger partial charge < -0.3 is 14.4 Å². The molecule has 0 atom stereocenters. The first-order chi connectivity index (χ1) is 15.9. The maximum absolute atomic E-state index is 13.1. The number of rotatable bonds is 8. The van der Waals surface area contributed by atoms with Gasteiger partial charge in [0.15, 0.2) is 0 Å². The molecule has 2 aromatic carbocycles. The molecule has 3 aromatic rings. The fourth-order valence-corrected chi connectivity index (χ4v) is 6.52. The summed E-state index contributed by atoms with van der Waals surface area (Å²) in [6, 6.07) is 19.6. The number of hydrogen-bond donors (Lipinski definition) is 0. The Hall–Kier alpha value is -2.59. The zero-order valence-electron chi connectivity index (χ0n) is 17.7. The second-order valence-corrected chi connectivity index (χ2v) is 11.1. The van der Waals surface area contributed by atoms with Crippen molar-refractivity contribution in [3.8, 4) is 11.5 Å². The van der Waals surface area contributed by atoms with Crippen molar-refractivity contribution in [1.29, 1.82) is 0 Å². The van der Waals surface area contributed by atoms with Crippen molar-refractivity contribution in [3.63, 3.8) is 0 Å². The van der Waals surface area contributed by atoms with Crippen LogP contribution in [0.25, 0.3) is 0 Å². The van der Waals surface area contributed by atoms with Gasteiger partial charge in [0.05, 0.1) is 9.90 Å². The van der Waals surface area contributed by atoms with Crippen molar-refractivity contribution < 1.29 is 22.7 Å². The number of benzene rings is 2. The minimum absolute atomic E-state index is 0.189. The van der Waals surface area contributed by atoms with Gasteiger partial charge >= 0.3 is 0 Å². The van der Waals surface area contributed by atoms with Crippen molar-refractivity contribution in [1.82, 2.24) is 9.21 Å². The summed E-state index contributed by atoms with van der Waals surface area (Å²) in [6.45, 7) is 1.66. The third-order valence-electron chi connectivity index (χ3n) is 5.14. The van der Waals surface area contributed by atoms with Crippen LogP contribution in [-0.4, -0.2) is 62.9 Å². The lowest BCUT2D eigenvalue weighted by molar-refractivity contribution is 0.0692. The number of piperazine rings is 1. The Morgan fingerprint density at radius 2 is 1.55 bits per heavy atom. The summed E-state index contributed by atoms with van der Waals surface area (Å²) in [5.41, 5.74) is 0.443. The Kier molecular flexibility index (Phi) is 7.54. The molecule has 33 heavy (non-hydrogen) atoms. The fraction of sp³-hybridized carbons (Fsp3) is 0.261. The van der Waals surface area contributed by atoms with E-state index in [1.807, 2.05) is 30.3 Å². The van der Waals surface area contributed by atoms with Gasteiger partial charge in [-0.1, -0.05) is 41.9 Å². The molecule has 0 aliphatic carbocycles. The molecule has 0 saturated carbocycles. The summed E-state index contributed by atoms with van der Waals surface area (Å²) in [5, 5.41) is 0. The van der Waals surface area contributed by atoms with E-state index in [-0.39, 0.29) is 29.8 Å². The molecule has 1 aromatic heterocycles. The quantitative estimate of drug-likeness (QED) is 0.431. The van der Waals surface area contributed by atoms with E-state index in [2.05, 4.69) is 0 Å². The van der Waals surface area contributed by atoms with E-state index in [1.165, 1.54) is 10.4 Å². The number of carbonyl (C=O) groups is 1. The van der Waals surface area contributed by atoms with Gasteiger partial charge in [-0.05, 0) is 36.4 Å². The number of nitrogens with zero attached hydrogens (tertiary/aromatic N) is 2. The molecule has 1 aliphatic rings. The first kappa shape index (κ1) is 23.6. The molecule has 0 bridgehead atoms. The van der Waals surface area contributed by atoms with Crippen molar-refractivity contribution in [3.05, 3.63) is 76.6 Å². The summed E-state index contributed by atoms with van der Waals surface area (Å²) in [5.74, 6) is 1.04. The van der Waals surface area contributed by atoms with Crippen LogP contribution in [0.15, 0.2) is 70.9 Å². The van der Waals surface area contributed by atoms with Crippen molar-refractivity contribution >= 4 is 38.9 Å². The molecule has 10 heteroatoms. The number of carbonyl (C=O) groups excluding carboxylic acids is 1. The number of ether oxygens (including phenoxy) is 2. The van der Waals surface area contributed by atoms with E-state index in [9.17, 15) is 13.2 Å². The molecule has 0 N–H and O–H groups in total. The molecule has 2 heterocycles. The van der Waals surface area contributed by atoms with Gasteiger partial charge in [-0.2, -0.15) is 4.31 Å². The molecular weight excluding hydrogens is 484 g/mol. The van der Waals surface area contributed by atoms with Crippen molar-refractivity contribution in [2.75, 3.05) is 39.4 Å². The zero-order valence-corrected chi connectivity index (χ0v) is 20.1. The maximum atomic E-state index is 13.1. The predicted octanol–water partition coefficient (Wildman–Crippen LogP) is 4.01. The number of amides is 1. The lowest BCUT2D eigenvalue weighted by Gasteiger charge is -2.34. The van der Waals surface area contributed by atoms with E-state index >= 15 is 0 Å². The number of thiophene rings is 1. The first-order valence-corrected chi connectivity index (χ1v) is 13.0. The van der Waals surface area contributed by atoms with Gasteiger partial charge in [0.1, 0.15) is 28.9 Å². The van der Waals surface area contributed by atoms with Crippen molar-refractivity contribution in [2.45, 2.75) is 4.21 Å². The summed E-state index contributed by atoms with van der Waals surface area (Å²) in [7, 11) is -3.61. The van der Waals surface area contributed by atoms with Crippen LogP contribution < -0.4 is 9.47 Å². The normalized spacial score (nSPS) is 14.8. The predicted molar refractivity (Wildman–Crippen MR) is 128 cm³/mol. The lowest BCUT2D eigenvalue weighted by Crippen LogP contribution is -2.50. The van der Waals surface area contributed by atoms with E-state index < -0.39 is 10.0 Å². The molecule has 1 saturated heterocycles. The summed E-state index contributed by atoms with van der Waals surface area (Å²) >= 11 is 6.92. The number of para-hydroxylation sites is 2. The highest BCUT2D eigenvalue weighted by Gasteiger charge is 2.32. The summed E-state index contributed by atoms with van der Waals surface area (Å²) in [4.78, 5) is 14.8. The molecule has 174 valence electrons. The Bertz CT molecular complexity index is 1190. The van der Waals surface area contributed by atoms with E-state index in [0.29, 0.717) is 35.3 Å². The van der Waals surface area contributed by atoms with Crippen molar-refractivity contribution in [2.24, 2.45) is 0 Å². The van der Waals surface area contributed by atoms with E-state index in [0.717, 1.165) is 17.1 Å². The third-order valence-corrected chi connectivity index (χ3v) is 8.74. The summed E-state index contributed by atoms with van der Waals surface area (Å²) < 4.78 is 39.1. The minimum atomic E-state index is -3.61. The Morgan fingerprint density at radius 1 is 0.879 bits per heavy atom. The Balaban J connectivity index is 1.34. The maximum Gasteiger partial charge on any atom is 0.257 e. The highest BCUT2D eigenvalue weighted by molar-refractivity contribution is 7.91. The van der Waals surface area contributed by atoms with E-state index in [4.69, 9.17) is 21.1 Å². The smallest absolute Gasteiger partial charge is 0.257 e. The number of sulfonamides is 1. The molecule has 7 nitrogen and oxygen atoms in total. The standard InChI is InChI=1S/C23H23ClN2O5S2/c24-21-10-11-22(32-21)33(28,29)26-14-12-25(13-15-26)23(27)19-8-4-5-9-20(19)31-17-16-30-18-6-2-1-3-7-18/h1-11H,12-17H2. The zero-order chi connectivity index (χ0) is 23.3. The topological polar surface area (TPSA) is 76.2 Å². The average molecular weight is 507 g/mol. The largest absolute Gasteiger partial charge is 0.490 e. The molecule has 0 unspecified atom stereocenters. The molecule has 0 spiro atoms. The molecule has 1 aliphatic heterocycles. The number of hydrogen-bond acceptors (Lipinski definition) is 6. The monoisotopic (exact) mass is 506 g/mol. The summed E-state index contributed by atoms with van der Waals surface area (Å²) in [6.07, 6.45) is 0. The molecule has 1 amide bonds. The lowest BCUT2D eigenvalue weighted by atomic mass is 10.1. The molecule has 1 fully saturated rings. The second-order valence-electron chi connectivity index (χ2n) is 7.26. The van der Waals surface area contributed by atoms with Gasteiger partial charge in [0.2, 0.25) is 0 Å². The third kappa shape index (κ3) is 5.67. The second kappa shape index (κ2) is 10.6. The van der Waals surface area contributed by atoms with Gasteiger partial charge in [0.25, 0.3) is 15.9 Å². The average Bonchev–Trinajstić information content (AvgIpc) is 3.29. The number of halogens is 1. The van der Waals surface area contributed by atoms with Crippen LogP contribution in [0, 0.1) is 0 Å². The van der Waals surface area contributed by atoms with Gasteiger partial charge in [0, 0.05) is 26.2 Å². The van der Waals surface area contributed by atoms with Crippen LogP contribution in [-0.2, 0) is 10.0 Å². The van der Waals surface area contributed by atoms with E-state index in [1.54, 1.807) is 35.2 Å². The van der Waals surface area contributed by atoms with Crippen LogP contribution in [0.4, 0.5) is 0 Å². The SMILES string of the molecule is O=C(c1ccccc1OCCOc1ccccc1)N1CCN(S(=O)(=O)c2ccc(Cl)s2)CC1. The van der Waals surface area contributed by atoms with Gasteiger partial charge in [-0.3, -0.25) is 4.79 Å². The fourth-order valence-electron chi connectivity index (χ4n) is 3.46. The molecule has 0 radical (unpaired) electrons. The van der Waals surface area contributed by atoms with Crippen LogP contribution >= 0.6 is 22.9 Å². The molecule has 4 rings (SSSR count). The Labute approximate surface area is 202 Å². The highest BCUT2D eigenvalue weighted by Crippen LogP contribution is 2.29. The van der Waals surface area contributed by atoms with Gasteiger partial charge in [-0.15, -0.1) is 11.3 Å². The first-order valence-electron chi connectivity index (χ1n) is 10.4. The van der Waals surface area contributed by atoms with Crippen LogP contribution in [0.1, 0.15) is 10.4 Å². The van der Waals surface area contributed by atoms with Crippen LogP contribution in [0.3, 0.4) is 0 Å². The Morgan fingerprint density at radius 3 is 2.24 bits per heavy atom. The van der Waals surface area contributed by atoms with Gasteiger partial charge in [-0.25, -0.2) is 8.42 Å².